The van der Waals surface area contributed by atoms with Gasteiger partial charge < -0.3 is 10.2 Å². The zero-order chi connectivity index (χ0) is 14.4. The fraction of sp³-hybridized carbons (Fsp3) is 0.500. The summed E-state index contributed by atoms with van der Waals surface area (Å²) < 4.78 is 0. The number of rotatable bonds is 5. The van der Waals surface area contributed by atoms with Gasteiger partial charge in [0.05, 0.1) is 0 Å². The van der Waals surface area contributed by atoms with Crippen molar-refractivity contribution in [1.29, 1.82) is 0 Å². The van der Waals surface area contributed by atoms with Crippen molar-refractivity contribution in [3.63, 3.8) is 0 Å². The van der Waals surface area contributed by atoms with Crippen LogP contribution in [-0.4, -0.2) is 29.3 Å². The molecule has 0 saturated heterocycles. The number of para-hydroxylation sites is 1. The summed E-state index contributed by atoms with van der Waals surface area (Å²) in [6.07, 6.45) is 4.86. The number of anilines is 1. The van der Waals surface area contributed by atoms with Crippen molar-refractivity contribution in [2.75, 3.05) is 11.9 Å². The zero-order valence-electron chi connectivity index (χ0n) is 12.0. The number of benzene rings is 1. The Labute approximate surface area is 120 Å². The number of nitrogens with zero attached hydrogens (tertiary/aromatic N) is 1. The number of nitrogens with one attached hydrogen (secondary N) is 1. The first-order valence-electron chi connectivity index (χ1n) is 7.29. The summed E-state index contributed by atoms with van der Waals surface area (Å²) in [5.74, 6) is 0.0323. The summed E-state index contributed by atoms with van der Waals surface area (Å²) in [7, 11) is 0. The molecule has 1 fully saturated rings. The fourth-order valence-electron chi connectivity index (χ4n) is 2.78. The molecule has 0 spiro atoms. The molecule has 2 amide bonds. The predicted octanol–water partition coefficient (Wildman–Crippen LogP) is 2.81. The Hall–Kier alpha value is -1.84. The van der Waals surface area contributed by atoms with Gasteiger partial charge in [0.25, 0.3) is 0 Å². The van der Waals surface area contributed by atoms with Gasteiger partial charge in [0.1, 0.15) is 0 Å². The highest BCUT2D eigenvalue weighted by Gasteiger charge is 2.24. The molecule has 20 heavy (non-hydrogen) atoms. The lowest BCUT2D eigenvalue weighted by molar-refractivity contribution is -0.131. The predicted molar refractivity (Wildman–Crippen MR) is 79.3 cm³/mol. The molecule has 0 bridgehead atoms. The third-order valence-corrected chi connectivity index (χ3v) is 3.81. The van der Waals surface area contributed by atoms with Gasteiger partial charge in [0.15, 0.2) is 0 Å². The molecule has 1 saturated carbocycles. The van der Waals surface area contributed by atoms with Crippen LogP contribution in [0.2, 0.25) is 0 Å². The molecular weight excluding hydrogens is 252 g/mol. The Morgan fingerprint density at radius 2 is 1.85 bits per heavy atom. The number of hydrogen-bond donors (Lipinski definition) is 1. The van der Waals surface area contributed by atoms with E-state index in [-0.39, 0.29) is 11.8 Å². The van der Waals surface area contributed by atoms with Gasteiger partial charge in [-0.2, -0.15) is 0 Å². The molecule has 1 aromatic rings. The molecule has 4 nitrogen and oxygen atoms in total. The number of carbonyl (C=O) groups is 2. The minimum absolute atomic E-state index is 0.0413. The minimum Gasteiger partial charge on any atom is -0.339 e. The van der Waals surface area contributed by atoms with Crippen molar-refractivity contribution >= 4 is 17.5 Å². The summed E-state index contributed by atoms with van der Waals surface area (Å²) in [6, 6.07) is 9.73. The van der Waals surface area contributed by atoms with E-state index in [4.69, 9.17) is 0 Å². The highest BCUT2D eigenvalue weighted by Crippen LogP contribution is 2.23. The van der Waals surface area contributed by atoms with Gasteiger partial charge in [-0.15, -0.1) is 0 Å². The monoisotopic (exact) mass is 274 g/mol. The zero-order valence-corrected chi connectivity index (χ0v) is 12.0. The van der Waals surface area contributed by atoms with Gasteiger partial charge >= 0.3 is 0 Å². The van der Waals surface area contributed by atoms with Gasteiger partial charge in [-0.3, -0.25) is 9.59 Å². The first-order chi connectivity index (χ1) is 9.66. The summed E-state index contributed by atoms with van der Waals surface area (Å²) in [5, 5.41) is 2.85. The molecule has 1 aliphatic rings. The van der Waals surface area contributed by atoms with E-state index < -0.39 is 0 Å². The van der Waals surface area contributed by atoms with Crippen LogP contribution in [0.15, 0.2) is 30.3 Å². The average Bonchev–Trinajstić information content (AvgIpc) is 2.93. The van der Waals surface area contributed by atoms with E-state index in [0.29, 0.717) is 19.0 Å². The van der Waals surface area contributed by atoms with Crippen LogP contribution >= 0.6 is 0 Å². The largest absolute Gasteiger partial charge is 0.339 e. The van der Waals surface area contributed by atoms with Crippen molar-refractivity contribution in [3.8, 4) is 0 Å². The van der Waals surface area contributed by atoms with Gasteiger partial charge in [0.2, 0.25) is 11.8 Å². The Morgan fingerprint density at radius 3 is 2.45 bits per heavy atom. The van der Waals surface area contributed by atoms with E-state index >= 15 is 0 Å². The molecule has 2 rings (SSSR count). The lowest BCUT2D eigenvalue weighted by atomic mass is 10.2. The van der Waals surface area contributed by atoms with Crippen molar-refractivity contribution in [3.05, 3.63) is 30.3 Å². The minimum atomic E-state index is -0.0413. The maximum atomic E-state index is 11.9. The highest BCUT2D eigenvalue weighted by atomic mass is 16.2. The first kappa shape index (κ1) is 14.6. The summed E-state index contributed by atoms with van der Waals surface area (Å²) in [6.45, 7) is 2.10. The van der Waals surface area contributed by atoms with E-state index in [0.717, 1.165) is 18.5 Å². The van der Waals surface area contributed by atoms with E-state index in [2.05, 4.69) is 5.32 Å². The Balaban J connectivity index is 1.83. The van der Waals surface area contributed by atoms with Crippen LogP contribution in [0, 0.1) is 0 Å². The normalized spacial score (nSPS) is 15.1. The van der Waals surface area contributed by atoms with E-state index in [9.17, 15) is 9.59 Å². The van der Waals surface area contributed by atoms with E-state index in [1.54, 1.807) is 6.92 Å². The number of amides is 2. The Bertz CT molecular complexity index is 453. The third-order valence-electron chi connectivity index (χ3n) is 3.81. The molecule has 0 aliphatic heterocycles. The standard InChI is InChI=1S/C16H22N2O2/c1-13(19)18(15-9-5-6-10-15)12-11-16(20)17-14-7-3-2-4-8-14/h2-4,7-8,15H,5-6,9-12H2,1H3,(H,17,20). The Morgan fingerprint density at radius 1 is 1.20 bits per heavy atom. The highest BCUT2D eigenvalue weighted by molar-refractivity contribution is 5.91. The number of hydrogen-bond acceptors (Lipinski definition) is 2. The topological polar surface area (TPSA) is 49.4 Å². The van der Waals surface area contributed by atoms with Crippen molar-refractivity contribution in [1.82, 2.24) is 4.90 Å². The molecule has 0 atom stereocenters. The smallest absolute Gasteiger partial charge is 0.226 e. The van der Waals surface area contributed by atoms with Crippen molar-refractivity contribution in [2.45, 2.75) is 45.1 Å². The molecule has 1 N–H and O–H groups in total. The van der Waals surface area contributed by atoms with Crippen molar-refractivity contribution in [2.24, 2.45) is 0 Å². The lowest BCUT2D eigenvalue weighted by Gasteiger charge is -2.27. The van der Waals surface area contributed by atoms with Gasteiger partial charge in [0, 0.05) is 31.6 Å². The molecule has 1 aliphatic carbocycles. The molecule has 108 valence electrons. The van der Waals surface area contributed by atoms with E-state index in [1.807, 2.05) is 35.2 Å². The molecule has 0 heterocycles. The summed E-state index contributed by atoms with van der Waals surface area (Å²) in [5.41, 5.74) is 0.799. The molecule has 1 aromatic carbocycles. The van der Waals surface area contributed by atoms with Gasteiger partial charge in [-0.1, -0.05) is 31.0 Å². The van der Waals surface area contributed by atoms with Crippen LogP contribution in [0.1, 0.15) is 39.0 Å². The summed E-state index contributed by atoms with van der Waals surface area (Å²) in [4.78, 5) is 25.5. The third kappa shape index (κ3) is 4.08. The van der Waals surface area contributed by atoms with Crippen LogP contribution < -0.4 is 5.32 Å². The second-order valence-electron chi connectivity index (χ2n) is 5.31. The van der Waals surface area contributed by atoms with Gasteiger partial charge in [-0.25, -0.2) is 0 Å². The second kappa shape index (κ2) is 7.08. The maximum absolute atomic E-state index is 11.9. The molecule has 4 heteroatoms. The van der Waals surface area contributed by atoms with Crippen LogP contribution in [0.3, 0.4) is 0 Å². The van der Waals surface area contributed by atoms with Gasteiger partial charge in [-0.05, 0) is 25.0 Å². The van der Waals surface area contributed by atoms with Crippen LogP contribution in [0.4, 0.5) is 5.69 Å². The first-order valence-corrected chi connectivity index (χ1v) is 7.29. The second-order valence-corrected chi connectivity index (χ2v) is 5.31. The summed E-state index contributed by atoms with van der Waals surface area (Å²) >= 11 is 0. The lowest BCUT2D eigenvalue weighted by Crippen LogP contribution is -2.39. The van der Waals surface area contributed by atoms with Crippen LogP contribution in [0.5, 0.6) is 0 Å². The fourth-order valence-corrected chi connectivity index (χ4v) is 2.78. The maximum Gasteiger partial charge on any atom is 0.226 e. The molecule has 0 radical (unpaired) electrons. The number of carbonyl (C=O) groups excluding carboxylic acids is 2. The molecule has 0 aromatic heterocycles. The van der Waals surface area contributed by atoms with Crippen LogP contribution in [-0.2, 0) is 9.59 Å². The van der Waals surface area contributed by atoms with Crippen molar-refractivity contribution < 1.29 is 9.59 Å². The SMILES string of the molecule is CC(=O)N(CCC(=O)Nc1ccccc1)C1CCCC1. The quantitative estimate of drug-likeness (QED) is 0.897. The molecular formula is C16H22N2O2. The molecule has 0 unspecified atom stereocenters. The van der Waals surface area contributed by atoms with E-state index in [1.165, 1.54) is 12.8 Å². The Kier molecular flexibility index (Phi) is 5.16. The van der Waals surface area contributed by atoms with Crippen LogP contribution in [0.25, 0.3) is 0 Å². The average molecular weight is 274 g/mol.